The van der Waals surface area contributed by atoms with Crippen molar-refractivity contribution in [3.63, 3.8) is 0 Å². The van der Waals surface area contributed by atoms with E-state index in [0.717, 1.165) is 12.1 Å². The highest BCUT2D eigenvalue weighted by Gasteiger charge is 2.22. The average molecular weight is 300 g/mol. The van der Waals surface area contributed by atoms with Crippen LogP contribution in [0.25, 0.3) is 0 Å². The molecule has 2 fully saturated rings. The summed E-state index contributed by atoms with van der Waals surface area (Å²) in [5.74, 6) is 0. The molecular formula is C20H32N2. The van der Waals surface area contributed by atoms with Gasteiger partial charge in [-0.1, -0.05) is 43.5 Å². The van der Waals surface area contributed by atoms with Crippen molar-refractivity contribution >= 4 is 0 Å². The van der Waals surface area contributed by atoms with E-state index in [1.54, 1.807) is 0 Å². The van der Waals surface area contributed by atoms with E-state index in [1.807, 2.05) is 0 Å². The van der Waals surface area contributed by atoms with Crippen LogP contribution < -0.4 is 5.32 Å². The molecule has 1 saturated heterocycles. The standard InChI is InChI=1S/C20H32N2/c1-17-7-5-6-8-18(17)11-14-22-15-12-20(13-16-22)21-19-9-3-2-4-10-19/h5-8,19-21H,2-4,9-16H2,1H3. The molecule has 2 nitrogen and oxygen atoms in total. The van der Waals surface area contributed by atoms with Crippen molar-refractivity contribution in [1.29, 1.82) is 0 Å². The zero-order valence-electron chi connectivity index (χ0n) is 14.2. The van der Waals surface area contributed by atoms with Gasteiger partial charge in [0.1, 0.15) is 0 Å². The normalized spacial score (nSPS) is 22.0. The van der Waals surface area contributed by atoms with Crippen LogP contribution in [0.5, 0.6) is 0 Å². The Hall–Kier alpha value is -0.860. The van der Waals surface area contributed by atoms with E-state index in [2.05, 4.69) is 41.4 Å². The topological polar surface area (TPSA) is 15.3 Å². The minimum Gasteiger partial charge on any atom is -0.311 e. The number of rotatable bonds is 5. The lowest BCUT2D eigenvalue weighted by atomic mass is 9.93. The first-order valence-corrected chi connectivity index (χ1v) is 9.34. The lowest BCUT2D eigenvalue weighted by molar-refractivity contribution is 0.185. The summed E-state index contributed by atoms with van der Waals surface area (Å²) in [7, 11) is 0. The van der Waals surface area contributed by atoms with Gasteiger partial charge in [0.2, 0.25) is 0 Å². The molecule has 2 heteroatoms. The van der Waals surface area contributed by atoms with Gasteiger partial charge < -0.3 is 10.2 Å². The lowest BCUT2D eigenvalue weighted by Crippen LogP contribution is -2.47. The monoisotopic (exact) mass is 300 g/mol. The Bertz CT molecular complexity index is 443. The predicted octanol–water partition coefficient (Wildman–Crippen LogP) is 3.92. The fourth-order valence-electron chi connectivity index (χ4n) is 4.09. The maximum atomic E-state index is 3.93. The molecule has 0 radical (unpaired) electrons. The van der Waals surface area contributed by atoms with E-state index in [1.165, 1.54) is 82.1 Å². The number of likely N-dealkylation sites (tertiary alicyclic amines) is 1. The average Bonchev–Trinajstić information content (AvgIpc) is 2.56. The van der Waals surface area contributed by atoms with Crippen LogP contribution in [0.15, 0.2) is 24.3 Å². The summed E-state index contributed by atoms with van der Waals surface area (Å²) in [6, 6.07) is 10.4. The van der Waals surface area contributed by atoms with Gasteiger partial charge in [-0.15, -0.1) is 0 Å². The van der Waals surface area contributed by atoms with Crippen molar-refractivity contribution < 1.29 is 0 Å². The van der Waals surface area contributed by atoms with E-state index in [9.17, 15) is 0 Å². The van der Waals surface area contributed by atoms with E-state index in [0.29, 0.717) is 0 Å². The fourth-order valence-corrected chi connectivity index (χ4v) is 4.09. The summed E-state index contributed by atoms with van der Waals surface area (Å²) in [6.07, 6.45) is 11.0. The van der Waals surface area contributed by atoms with Crippen LogP contribution in [-0.2, 0) is 6.42 Å². The van der Waals surface area contributed by atoms with Crippen LogP contribution in [-0.4, -0.2) is 36.6 Å². The molecule has 0 bridgehead atoms. The van der Waals surface area contributed by atoms with Gasteiger partial charge in [-0.2, -0.15) is 0 Å². The van der Waals surface area contributed by atoms with Crippen LogP contribution in [0.3, 0.4) is 0 Å². The van der Waals surface area contributed by atoms with Crippen molar-refractivity contribution in [1.82, 2.24) is 10.2 Å². The summed E-state index contributed by atoms with van der Waals surface area (Å²) >= 11 is 0. The van der Waals surface area contributed by atoms with Crippen molar-refractivity contribution in [2.75, 3.05) is 19.6 Å². The number of piperidine rings is 1. The van der Waals surface area contributed by atoms with Gasteiger partial charge >= 0.3 is 0 Å². The van der Waals surface area contributed by atoms with Crippen LogP contribution >= 0.6 is 0 Å². The molecule has 1 aromatic rings. The van der Waals surface area contributed by atoms with Gasteiger partial charge in [0.15, 0.2) is 0 Å². The summed E-state index contributed by atoms with van der Waals surface area (Å²) in [6.45, 7) is 6.00. The van der Waals surface area contributed by atoms with Crippen molar-refractivity contribution in [3.8, 4) is 0 Å². The highest BCUT2D eigenvalue weighted by Crippen LogP contribution is 2.20. The third kappa shape index (κ3) is 4.57. The Morgan fingerprint density at radius 1 is 0.955 bits per heavy atom. The second-order valence-electron chi connectivity index (χ2n) is 7.29. The Kier molecular flexibility index (Phi) is 5.91. The summed E-state index contributed by atoms with van der Waals surface area (Å²) < 4.78 is 0. The lowest BCUT2D eigenvalue weighted by Gasteiger charge is -2.35. The van der Waals surface area contributed by atoms with Crippen LogP contribution in [0.2, 0.25) is 0 Å². The first kappa shape index (κ1) is 16.0. The summed E-state index contributed by atoms with van der Waals surface area (Å²) in [5.41, 5.74) is 2.96. The molecule has 0 aromatic heterocycles. The third-order valence-electron chi connectivity index (χ3n) is 5.62. The molecule has 1 aliphatic heterocycles. The Morgan fingerprint density at radius 2 is 1.64 bits per heavy atom. The van der Waals surface area contributed by atoms with Gasteiger partial charge in [0.25, 0.3) is 0 Å². The predicted molar refractivity (Wildman–Crippen MR) is 94.4 cm³/mol. The molecule has 1 aromatic carbocycles. The number of hydrogen-bond donors (Lipinski definition) is 1. The van der Waals surface area contributed by atoms with Crippen molar-refractivity contribution in [2.45, 2.75) is 70.4 Å². The second-order valence-corrected chi connectivity index (χ2v) is 7.29. The number of benzene rings is 1. The number of nitrogens with one attached hydrogen (secondary N) is 1. The van der Waals surface area contributed by atoms with E-state index in [4.69, 9.17) is 0 Å². The maximum Gasteiger partial charge on any atom is 0.00940 e. The molecule has 1 N–H and O–H groups in total. The molecule has 122 valence electrons. The minimum absolute atomic E-state index is 0.776. The molecule has 3 rings (SSSR count). The van der Waals surface area contributed by atoms with Crippen molar-refractivity contribution in [3.05, 3.63) is 35.4 Å². The van der Waals surface area contributed by atoms with E-state index >= 15 is 0 Å². The SMILES string of the molecule is Cc1ccccc1CCN1CCC(NC2CCCCC2)CC1. The first-order chi connectivity index (χ1) is 10.8. The molecule has 0 unspecified atom stereocenters. The fraction of sp³-hybridized carbons (Fsp3) is 0.700. The molecule has 1 saturated carbocycles. The Labute approximate surface area is 136 Å². The molecule has 1 heterocycles. The first-order valence-electron chi connectivity index (χ1n) is 9.34. The van der Waals surface area contributed by atoms with E-state index in [-0.39, 0.29) is 0 Å². The van der Waals surface area contributed by atoms with Gasteiger partial charge in [-0.25, -0.2) is 0 Å². The zero-order valence-corrected chi connectivity index (χ0v) is 14.2. The van der Waals surface area contributed by atoms with Gasteiger partial charge in [-0.05, 0) is 63.2 Å². The van der Waals surface area contributed by atoms with Crippen molar-refractivity contribution in [2.24, 2.45) is 0 Å². The van der Waals surface area contributed by atoms with E-state index < -0.39 is 0 Å². The number of nitrogens with zero attached hydrogens (tertiary/aromatic N) is 1. The molecule has 1 aliphatic carbocycles. The Morgan fingerprint density at radius 3 is 2.36 bits per heavy atom. The highest BCUT2D eigenvalue weighted by molar-refractivity contribution is 5.25. The largest absolute Gasteiger partial charge is 0.311 e. The molecule has 2 aliphatic rings. The summed E-state index contributed by atoms with van der Waals surface area (Å²) in [4.78, 5) is 2.66. The second kappa shape index (κ2) is 8.12. The zero-order chi connectivity index (χ0) is 15.2. The van der Waals surface area contributed by atoms with Gasteiger partial charge in [-0.3, -0.25) is 0 Å². The maximum absolute atomic E-state index is 3.93. The van der Waals surface area contributed by atoms with Gasteiger partial charge in [0, 0.05) is 18.6 Å². The molecule has 0 spiro atoms. The quantitative estimate of drug-likeness (QED) is 0.886. The highest BCUT2D eigenvalue weighted by atomic mass is 15.1. The Balaban J connectivity index is 1.37. The smallest absolute Gasteiger partial charge is 0.00940 e. The van der Waals surface area contributed by atoms with Crippen LogP contribution in [0.4, 0.5) is 0 Å². The molecule has 0 amide bonds. The van der Waals surface area contributed by atoms with Crippen LogP contribution in [0, 0.1) is 6.92 Å². The molecular weight excluding hydrogens is 268 g/mol. The molecule has 22 heavy (non-hydrogen) atoms. The molecule has 0 atom stereocenters. The number of hydrogen-bond acceptors (Lipinski definition) is 2. The summed E-state index contributed by atoms with van der Waals surface area (Å²) in [5, 5.41) is 3.93. The van der Waals surface area contributed by atoms with Crippen LogP contribution in [0.1, 0.15) is 56.1 Å². The number of aryl methyl sites for hydroxylation is 1. The van der Waals surface area contributed by atoms with Gasteiger partial charge in [0.05, 0.1) is 0 Å². The third-order valence-corrected chi connectivity index (χ3v) is 5.62. The minimum atomic E-state index is 0.776.